The first-order valence-corrected chi connectivity index (χ1v) is 11.9. The first-order valence-electron chi connectivity index (χ1n) is 10.0. The van der Waals surface area contributed by atoms with Crippen molar-refractivity contribution in [3.05, 3.63) is 41.8 Å². The smallest absolute Gasteiger partial charge is 0.234 e. The molecule has 9 heteroatoms. The number of hydrogen-bond acceptors (Lipinski definition) is 6. The van der Waals surface area contributed by atoms with Crippen molar-refractivity contribution in [1.82, 2.24) is 14.8 Å². The summed E-state index contributed by atoms with van der Waals surface area (Å²) in [5.41, 5.74) is 1.60. The Morgan fingerprint density at radius 1 is 1.20 bits per heavy atom. The molecule has 2 fully saturated rings. The molecule has 2 amide bonds. The van der Waals surface area contributed by atoms with Crippen molar-refractivity contribution in [3.8, 4) is 10.7 Å². The first kappa shape index (κ1) is 19.3. The number of amides is 2. The van der Waals surface area contributed by atoms with E-state index in [1.165, 1.54) is 11.8 Å². The van der Waals surface area contributed by atoms with Gasteiger partial charge in [0.25, 0.3) is 0 Å². The quantitative estimate of drug-likeness (QED) is 0.558. The second-order valence-electron chi connectivity index (χ2n) is 7.42. The van der Waals surface area contributed by atoms with Crippen molar-refractivity contribution in [2.45, 2.75) is 36.9 Å². The van der Waals surface area contributed by atoms with E-state index in [9.17, 15) is 9.59 Å². The zero-order valence-electron chi connectivity index (χ0n) is 16.3. The van der Waals surface area contributed by atoms with Gasteiger partial charge in [0.2, 0.25) is 11.8 Å². The van der Waals surface area contributed by atoms with E-state index in [-0.39, 0.29) is 17.6 Å². The molecule has 1 N–H and O–H groups in total. The Hall–Kier alpha value is -2.65. The van der Waals surface area contributed by atoms with Gasteiger partial charge in [-0.15, -0.1) is 21.5 Å². The summed E-state index contributed by atoms with van der Waals surface area (Å²) >= 11 is 3.06. The number of nitrogens with one attached hydrogen (secondary N) is 1. The van der Waals surface area contributed by atoms with E-state index in [0.29, 0.717) is 12.5 Å². The van der Waals surface area contributed by atoms with Crippen LogP contribution < -0.4 is 10.2 Å². The first-order chi connectivity index (χ1) is 14.7. The van der Waals surface area contributed by atoms with Crippen LogP contribution in [0.5, 0.6) is 0 Å². The summed E-state index contributed by atoms with van der Waals surface area (Å²) in [4.78, 5) is 27.2. The van der Waals surface area contributed by atoms with Gasteiger partial charge in [-0.05, 0) is 55.0 Å². The minimum Gasteiger partial charge on any atom is -0.325 e. The fourth-order valence-corrected chi connectivity index (χ4v) is 5.10. The van der Waals surface area contributed by atoms with Crippen LogP contribution in [0.25, 0.3) is 10.7 Å². The molecular formula is C21H21N5O2S2. The van der Waals surface area contributed by atoms with E-state index in [2.05, 4.69) is 20.1 Å². The Balaban J connectivity index is 1.21. The molecule has 30 heavy (non-hydrogen) atoms. The lowest BCUT2D eigenvalue weighted by Gasteiger charge is -2.16. The standard InChI is InChI=1S/C21H21N5O2S2/c27-18(22-14-5-7-15(8-6-14)25-11-1-4-19(25)28)13-30-21-24-23-20(17-3-2-12-29-17)26(21)16-9-10-16/h2-3,5-8,12,16H,1,4,9-11,13H2,(H,22,27). The van der Waals surface area contributed by atoms with Crippen molar-refractivity contribution >= 4 is 46.3 Å². The van der Waals surface area contributed by atoms with E-state index in [4.69, 9.17) is 0 Å². The summed E-state index contributed by atoms with van der Waals surface area (Å²) in [5, 5.41) is 14.5. The van der Waals surface area contributed by atoms with Gasteiger partial charge in [0, 0.05) is 30.4 Å². The molecule has 7 nitrogen and oxygen atoms in total. The second kappa shape index (κ2) is 8.23. The highest BCUT2D eigenvalue weighted by atomic mass is 32.2. The van der Waals surface area contributed by atoms with E-state index in [1.54, 1.807) is 16.2 Å². The summed E-state index contributed by atoms with van der Waals surface area (Å²) in [5.74, 6) is 1.22. The van der Waals surface area contributed by atoms with Crippen LogP contribution >= 0.6 is 23.1 Å². The van der Waals surface area contributed by atoms with Gasteiger partial charge in [-0.1, -0.05) is 17.8 Å². The van der Waals surface area contributed by atoms with Crippen LogP contribution in [-0.4, -0.2) is 38.9 Å². The molecule has 3 aromatic rings. The molecule has 1 aliphatic carbocycles. The fourth-order valence-electron chi connectivity index (χ4n) is 3.58. The van der Waals surface area contributed by atoms with Crippen LogP contribution in [0.3, 0.4) is 0 Å². The van der Waals surface area contributed by atoms with Gasteiger partial charge >= 0.3 is 0 Å². The molecule has 2 aliphatic rings. The Morgan fingerprint density at radius 2 is 2.03 bits per heavy atom. The number of aromatic nitrogens is 3. The number of nitrogens with zero attached hydrogens (tertiary/aromatic N) is 4. The minimum absolute atomic E-state index is 0.0898. The normalized spacial score (nSPS) is 16.3. The van der Waals surface area contributed by atoms with E-state index >= 15 is 0 Å². The molecule has 0 spiro atoms. The summed E-state index contributed by atoms with van der Waals surface area (Å²) in [6.07, 6.45) is 3.76. The maximum absolute atomic E-state index is 12.5. The van der Waals surface area contributed by atoms with Gasteiger partial charge in [0.05, 0.1) is 10.6 Å². The Labute approximate surface area is 182 Å². The minimum atomic E-state index is -0.0898. The zero-order valence-corrected chi connectivity index (χ0v) is 17.9. The second-order valence-corrected chi connectivity index (χ2v) is 9.31. The molecule has 1 saturated heterocycles. The highest BCUT2D eigenvalue weighted by Crippen LogP contribution is 2.41. The zero-order chi connectivity index (χ0) is 20.5. The van der Waals surface area contributed by atoms with Gasteiger partial charge in [0.15, 0.2) is 11.0 Å². The van der Waals surface area contributed by atoms with Crippen LogP contribution in [-0.2, 0) is 9.59 Å². The van der Waals surface area contributed by atoms with Crippen LogP contribution in [0.15, 0.2) is 46.9 Å². The van der Waals surface area contributed by atoms with Gasteiger partial charge in [-0.2, -0.15) is 0 Å². The number of thiophene rings is 1. The molecular weight excluding hydrogens is 418 g/mol. The topological polar surface area (TPSA) is 80.1 Å². The largest absolute Gasteiger partial charge is 0.325 e. The van der Waals surface area contributed by atoms with Gasteiger partial charge in [-0.3, -0.25) is 14.2 Å². The number of thioether (sulfide) groups is 1. The number of hydrogen-bond donors (Lipinski definition) is 1. The Kier molecular flexibility index (Phi) is 5.30. The molecule has 0 atom stereocenters. The Morgan fingerprint density at radius 3 is 2.70 bits per heavy atom. The summed E-state index contributed by atoms with van der Waals surface area (Å²) < 4.78 is 2.17. The number of carbonyl (C=O) groups excluding carboxylic acids is 2. The molecule has 1 aliphatic heterocycles. The molecule has 5 rings (SSSR count). The third-order valence-electron chi connectivity index (χ3n) is 5.19. The van der Waals surface area contributed by atoms with Crippen molar-refractivity contribution < 1.29 is 9.59 Å². The van der Waals surface area contributed by atoms with Gasteiger partial charge < -0.3 is 10.2 Å². The monoisotopic (exact) mass is 439 g/mol. The number of carbonyl (C=O) groups is 2. The van der Waals surface area contributed by atoms with Crippen molar-refractivity contribution in [2.24, 2.45) is 0 Å². The molecule has 0 bridgehead atoms. The SMILES string of the molecule is O=C(CSc1nnc(-c2cccs2)n1C1CC1)Nc1ccc(N2CCCC2=O)cc1. The average molecular weight is 440 g/mol. The average Bonchev–Trinajstić information content (AvgIpc) is 3.13. The lowest BCUT2D eigenvalue weighted by atomic mass is 10.2. The fraction of sp³-hybridized carbons (Fsp3) is 0.333. The van der Waals surface area contributed by atoms with Crippen LogP contribution in [0.4, 0.5) is 11.4 Å². The predicted octanol–water partition coefficient (Wildman–Crippen LogP) is 4.20. The summed E-state index contributed by atoms with van der Waals surface area (Å²) in [7, 11) is 0. The van der Waals surface area contributed by atoms with Crippen LogP contribution in [0, 0.1) is 0 Å². The van der Waals surface area contributed by atoms with Crippen LogP contribution in [0.1, 0.15) is 31.7 Å². The maximum Gasteiger partial charge on any atom is 0.234 e. The van der Waals surface area contributed by atoms with Crippen molar-refractivity contribution in [3.63, 3.8) is 0 Å². The Bertz CT molecular complexity index is 1060. The van der Waals surface area contributed by atoms with Crippen LogP contribution in [0.2, 0.25) is 0 Å². The van der Waals surface area contributed by atoms with E-state index in [1.807, 2.05) is 41.8 Å². The molecule has 0 unspecified atom stereocenters. The highest BCUT2D eigenvalue weighted by molar-refractivity contribution is 7.99. The van der Waals surface area contributed by atoms with Gasteiger partial charge in [-0.25, -0.2) is 0 Å². The lowest BCUT2D eigenvalue weighted by Crippen LogP contribution is -2.23. The molecule has 154 valence electrons. The van der Waals surface area contributed by atoms with Crippen molar-refractivity contribution in [1.29, 1.82) is 0 Å². The van der Waals surface area contributed by atoms with E-state index in [0.717, 1.165) is 53.0 Å². The maximum atomic E-state index is 12.5. The van der Waals surface area contributed by atoms with Crippen molar-refractivity contribution in [2.75, 3.05) is 22.5 Å². The van der Waals surface area contributed by atoms with E-state index < -0.39 is 0 Å². The predicted molar refractivity (Wildman–Crippen MR) is 119 cm³/mol. The molecule has 0 radical (unpaired) electrons. The summed E-state index contributed by atoms with van der Waals surface area (Å²) in [6, 6.07) is 11.9. The number of anilines is 2. The third-order valence-corrected chi connectivity index (χ3v) is 7.00. The van der Waals surface area contributed by atoms with Gasteiger partial charge in [0.1, 0.15) is 0 Å². The number of rotatable bonds is 7. The highest BCUT2D eigenvalue weighted by Gasteiger charge is 2.30. The summed E-state index contributed by atoms with van der Waals surface area (Å²) in [6.45, 7) is 0.760. The molecule has 1 aromatic carbocycles. The number of benzene rings is 1. The lowest BCUT2D eigenvalue weighted by molar-refractivity contribution is -0.117. The molecule has 1 saturated carbocycles. The third kappa shape index (κ3) is 3.99. The molecule has 3 heterocycles. The molecule has 2 aromatic heterocycles.